The predicted octanol–water partition coefficient (Wildman–Crippen LogP) is -2.50. The van der Waals surface area contributed by atoms with Crippen molar-refractivity contribution in [2.45, 2.75) is 4.90 Å². The van der Waals surface area contributed by atoms with Gasteiger partial charge in [-0.2, -0.15) is 0 Å². The first-order chi connectivity index (χ1) is 7.99. The van der Waals surface area contributed by atoms with E-state index in [4.69, 9.17) is 0 Å². The van der Waals surface area contributed by atoms with Crippen LogP contribution in [0, 0.1) is 0 Å². The number of carbonyl (C=O) groups is 2. The molecule has 0 saturated carbocycles. The molecular formula is C10H9NaO6S. The van der Waals surface area contributed by atoms with Crippen LogP contribution in [0.1, 0.15) is 20.7 Å². The molecule has 0 heterocycles. The predicted molar refractivity (Wildman–Crippen MR) is 56.3 cm³/mol. The zero-order chi connectivity index (χ0) is 13.0. The van der Waals surface area contributed by atoms with E-state index >= 15 is 0 Å². The van der Waals surface area contributed by atoms with Gasteiger partial charge in [0.05, 0.1) is 25.3 Å². The second-order valence-corrected chi connectivity index (χ2v) is 3.90. The van der Waals surface area contributed by atoms with E-state index in [2.05, 4.69) is 9.47 Å². The Hall–Kier alpha value is -0.730. The molecule has 0 aromatic heterocycles. The van der Waals surface area contributed by atoms with Crippen LogP contribution >= 0.6 is 0 Å². The minimum atomic E-state index is -2.55. The van der Waals surface area contributed by atoms with E-state index in [1.54, 1.807) is 0 Å². The molecule has 0 fully saturated rings. The van der Waals surface area contributed by atoms with Gasteiger partial charge in [-0.1, -0.05) is 0 Å². The summed E-state index contributed by atoms with van der Waals surface area (Å²) in [7, 11) is 2.31. The fourth-order valence-electron chi connectivity index (χ4n) is 1.17. The minimum Gasteiger partial charge on any atom is -0.768 e. The van der Waals surface area contributed by atoms with Crippen LogP contribution in [0.15, 0.2) is 23.1 Å². The molecular weight excluding hydrogens is 271 g/mol. The number of rotatable bonds is 3. The average Bonchev–Trinajstić information content (AvgIpc) is 2.36. The summed E-state index contributed by atoms with van der Waals surface area (Å²) in [6.45, 7) is 0. The molecule has 92 valence electrons. The van der Waals surface area contributed by atoms with Gasteiger partial charge in [-0.25, -0.2) is 9.59 Å². The van der Waals surface area contributed by atoms with Crippen molar-refractivity contribution < 1.29 is 57.4 Å². The number of hydrogen-bond donors (Lipinski definition) is 0. The van der Waals surface area contributed by atoms with E-state index in [0.717, 1.165) is 26.4 Å². The maximum atomic E-state index is 11.3. The Kier molecular flexibility index (Phi) is 7.34. The van der Waals surface area contributed by atoms with Crippen LogP contribution in [0.25, 0.3) is 0 Å². The minimum absolute atomic E-state index is 0. The number of carbonyl (C=O) groups excluding carboxylic acids is 2. The molecule has 1 aromatic carbocycles. The molecule has 6 nitrogen and oxygen atoms in total. The molecule has 0 radical (unpaired) electrons. The van der Waals surface area contributed by atoms with Gasteiger partial charge < -0.3 is 14.0 Å². The molecule has 18 heavy (non-hydrogen) atoms. The van der Waals surface area contributed by atoms with Crippen molar-refractivity contribution in [3.63, 3.8) is 0 Å². The number of esters is 2. The Morgan fingerprint density at radius 1 is 1.06 bits per heavy atom. The van der Waals surface area contributed by atoms with Crippen molar-refractivity contribution in [1.82, 2.24) is 0 Å². The maximum Gasteiger partial charge on any atom is 1.00 e. The van der Waals surface area contributed by atoms with E-state index in [0.29, 0.717) is 0 Å². The maximum absolute atomic E-state index is 11.3. The molecule has 0 aliphatic rings. The van der Waals surface area contributed by atoms with E-state index in [-0.39, 0.29) is 45.6 Å². The smallest absolute Gasteiger partial charge is 0.768 e. The quantitative estimate of drug-likeness (QED) is 0.345. The first kappa shape index (κ1) is 17.3. The standard InChI is InChI=1S/C10H10O6S.Na/c1-15-9(11)6-3-7(10(12)16-2)5-8(4-6)17(13)14;/h3-5H,1-2H3,(H,13,14);/q;+1/p-1. The summed E-state index contributed by atoms with van der Waals surface area (Å²) in [6, 6.07) is 3.43. The van der Waals surface area contributed by atoms with Gasteiger partial charge in [-0.15, -0.1) is 0 Å². The Bertz CT molecular complexity index is 453. The fraction of sp³-hybridized carbons (Fsp3) is 0.200. The zero-order valence-corrected chi connectivity index (χ0v) is 12.9. The Labute approximate surface area is 128 Å². The molecule has 0 N–H and O–H groups in total. The number of ether oxygens (including phenoxy) is 2. The monoisotopic (exact) mass is 280 g/mol. The van der Waals surface area contributed by atoms with Gasteiger partial charge >= 0.3 is 41.5 Å². The van der Waals surface area contributed by atoms with E-state index in [1.165, 1.54) is 6.07 Å². The summed E-state index contributed by atoms with van der Waals surface area (Å²) >= 11 is -2.55. The Balaban J connectivity index is 0.00000289. The third kappa shape index (κ3) is 4.18. The van der Waals surface area contributed by atoms with Crippen molar-refractivity contribution in [2.24, 2.45) is 0 Å². The summed E-state index contributed by atoms with van der Waals surface area (Å²) in [6.07, 6.45) is 0. The molecule has 1 atom stereocenters. The summed E-state index contributed by atoms with van der Waals surface area (Å²) in [4.78, 5) is 22.4. The average molecular weight is 280 g/mol. The number of methoxy groups -OCH3 is 2. The van der Waals surface area contributed by atoms with Gasteiger partial charge in [0.15, 0.2) is 0 Å². The fourth-order valence-corrected chi connectivity index (χ4v) is 1.61. The summed E-state index contributed by atoms with van der Waals surface area (Å²) in [5.41, 5.74) is -0.0656. The van der Waals surface area contributed by atoms with Crippen LogP contribution in [-0.2, 0) is 20.6 Å². The molecule has 1 unspecified atom stereocenters. The largest absolute Gasteiger partial charge is 1.00 e. The Morgan fingerprint density at radius 3 is 1.72 bits per heavy atom. The van der Waals surface area contributed by atoms with Crippen molar-refractivity contribution >= 4 is 23.0 Å². The van der Waals surface area contributed by atoms with Crippen molar-refractivity contribution in [3.05, 3.63) is 29.3 Å². The second-order valence-electron chi connectivity index (χ2n) is 2.96. The molecule has 0 saturated heterocycles. The third-order valence-corrected chi connectivity index (χ3v) is 2.56. The zero-order valence-electron chi connectivity index (χ0n) is 10.1. The Morgan fingerprint density at radius 2 is 1.44 bits per heavy atom. The first-order valence-corrected chi connectivity index (χ1v) is 5.48. The third-order valence-electron chi connectivity index (χ3n) is 1.94. The summed E-state index contributed by atoms with van der Waals surface area (Å²) in [5.74, 6) is -1.47. The molecule has 0 spiro atoms. The van der Waals surface area contributed by atoms with Crippen LogP contribution in [-0.4, -0.2) is 34.9 Å². The van der Waals surface area contributed by atoms with Gasteiger partial charge in [-0.05, 0) is 29.3 Å². The van der Waals surface area contributed by atoms with Gasteiger partial charge in [0, 0.05) is 4.90 Å². The molecule has 1 aromatic rings. The van der Waals surface area contributed by atoms with Gasteiger partial charge in [-0.3, -0.25) is 4.21 Å². The van der Waals surface area contributed by atoms with Crippen LogP contribution in [0.2, 0.25) is 0 Å². The number of hydrogen-bond acceptors (Lipinski definition) is 6. The topological polar surface area (TPSA) is 92.7 Å². The van der Waals surface area contributed by atoms with Crippen LogP contribution in [0.4, 0.5) is 0 Å². The van der Waals surface area contributed by atoms with Gasteiger partial charge in [0.25, 0.3) is 0 Å². The molecule has 0 amide bonds. The molecule has 1 rings (SSSR count). The second kappa shape index (κ2) is 7.65. The first-order valence-electron chi connectivity index (χ1n) is 4.40. The summed E-state index contributed by atoms with van der Waals surface area (Å²) in [5, 5.41) is 0. The molecule has 8 heteroatoms. The SMILES string of the molecule is COC(=O)c1cc(C(=O)OC)cc(S(=O)[O-])c1.[Na+]. The normalized spacial score (nSPS) is 11.1. The molecule has 0 aliphatic heterocycles. The van der Waals surface area contributed by atoms with E-state index in [9.17, 15) is 18.4 Å². The summed E-state index contributed by atoms with van der Waals surface area (Å²) < 4.78 is 30.5. The van der Waals surface area contributed by atoms with Crippen molar-refractivity contribution in [1.29, 1.82) is 0 Å². The van der Waals surface area contributed by atoms with Crippen LogP contribution in [0.5, 0.6) is 0 Å². The van der Waals surface area contributed by atoms with Gasteiger partial charge in [0.1, 0.15) is 0 Å². The van der Waals surface area contributed by atoms with Crippen LogP contribution < -0.4 is 29.6 Å². The van der Waals surface area contributed by atoms with Gasteiger partial charge in [0.2, 0.25) is 0 Å². The number of benzene rings is 1. The van der Waals surface area contributed by atoms with Crippen molar-refractivity contribution in [2.75, 3.05) is 14.2 Å². The van der Waals surface area contributed by atoms with E-state index < -0.39 is 23.0 Å². The molecule has 0 aliphatic carbocycles. The van der Waals surface area contributed by atoms with E-state index in [1.807, 2.05) is 0 Å². The molecule has 0 bridgehead atoms. The van der Waals surface area contributed by atoms with Crippen LogP contribution in [0.3, 0.4) is 0 Å². The van der Waals surface area contributed by atoms with Crippen molar-refractivity contribution in [3.8, 4) is 0 Å².